The summed E-state index contributed by atoms with van der Waals surface area (Å²) in [7, 11) is 0. The minimum atomic E-state index is -0.682. The van der Waals surface area contributed by atoms with Gasteiger partial charge in [0.2, 0.25) is 5.76 Å². The van der Waals surface area contributed by atoms with E-state index < -0.39 is 5.97 Å². The molecule has 0 aliphatic carbocycles. The molecule has 4 nitrogen and oxygen atoms in total. The Hall–Kier alpha value is -2.63. The lowest BCUT2D eigenvalue weighted by atomic mass is 10.1. The molecule has 120 valence electrons. The first-order valence-electron chi connectivity index (χ1n) is 6.94. The van der Waals surface area contributed by atoms with E-state index in [0.29, 0.717) is 5.02 Å². The van der Waals surface area contributed by atoms with Crippen molar-refractivity contribution in [3.8, 4) is 5.75 Å². The molecule has 2 heterocycles. The maximum atomic E-state index is 12.4. The van der Waals surface area contributed by atoms with Crippen LogP contribution >= 0.6 is 22.9 Å². The standard InChI is InChI=1S/C18H11ClO4S/c19-12-5-8-16(23-18(21)17-4-1-9-22-17)14(11-12)15(20)7-6-13-3-2-10-24-13/h1-11H/b7-6+. The number of esters is 1. The molecular formula is C18H11ClO4S. The van der Waals surface area contributed by atoms with Gasteiger partial charge in [-0.1, -0.05) is 17.7 Å². The van der Waals surface area contributed by atoms with E-state index in [0.717, 1.165) is 4.88 Å². The predicted molar refractivity (Wildman–Crippen MR) is 92.8 cm³/mol. The number of hydrogen-bond acceptors (Lipinski definition) is 5. The van der Waals surface area contributed by atoms with Gasteiger partial charge in [-0.25, -0.2) is 4.79 Å². The van der Waals surface area contributed by atoms with Crippen LogP contribution in [-0.2, 0) is 0 Å². The quantitative estimate of drug-likeness (QED) is 0.275. The van der Waals surface area contributed by atoms with Gasteiger partial charge in [-0.05, 0) is 53.9 Å². The van der Waals surface area contributed by atoms with Gasteiger partial charge in [0.1, 0.15) is 5.75 Å². The number of ketones is 1. The molecule has 0 spiro atoms. The van der Waals surface area contributed by atoms with Crippen molar-refractivity contribution in [2.45, 2.75) is 0 Å². The van der Waals surface area contributed by atoms with Crippen LogP contribution in [0.15, 0.2) is 64.6 Å². The van der Waals surface area contributed by atoms with E-state index >= 15 is 0 Å². The van der Waals surface area contributed by atoms with E-state index in [9.17, 15) is 9.59 Å². The third kappa shape index (κ3) is 3.82. The van der Waals surface area contributed by atoms with Gasteiger partial charge in [0.05, 0.1) is 11.8 Å². The second kappa shape index (κ2) is 7.29. The van der Waals surface area contributed by atoms with Crippen molar-refractivity contribution < 1.29 is 18.7 Å². The molecule has 6 heteroatoms. The number of halogens is 1. The summed E-state index contributed by atoms with van der Waals surface area (Å²) in [6, 6.07) is 11.3. The van der Waals surface area contributed by atoms with Crippen LogP contribution in [0.4, 0.5) is 0 Å². The molecule has 0 aliphatic rings. The first kappa shape index (κ1) is 16.2. The lowest BCUT2D eigenvalue weighted by Crippen LogP contribution is -2.10. The SMILES string of the molecule is O=C(Oc1ccc(Cl)cc1C(=O)/C=C/c1cccs1)c1ccco1. The van der Waals surface area contributed by atoms with Crippen LogP contribution in [-0.4, -0.2) is 11.8 Å². The van der Waals surface area contributed by atoms with Gasteiger partial charge in [-0.3, -0.25) is 4.79 Å². The molecule has 0 saturated carbocycles. The summed E-state index contributed by atoms with van der Waals surface area (Å²) in [6.07, 6.45) is 4.49. The minimum absolute atomic E-state index is 0.0532. The number of allylic oxidation sites excluding steroid dienone is 1. The number of rotatable bonds is 5. The van der Waals surface area contributed by atoms with Crippen LogP contribution in [0.2, 0.25) is 5.02 Å². The van der Waals surface area contributed by atoms with Crippen LogP contribution in [0.25, 0.3) is 6.08 Å². The Morgan fingerprint density at radius 1 is 1.17 bits per heavy atom. The molecule has 0 bridgehead atoms. The summed E-state index contributed by atoms with van der Waals surface area (Å²) >= 11 is 7.48. The summed E-state index contributed by atoms with van der Waals surface area (Å²) in [4.78, 5) is 25.4. The van der Waals surface area contributed by atoms with E-state index in [4.69, 9.17) is 20.8 Å². The van der Waals surface area contributed by atoms with Crippen molar-refractivity contribution >= 4 is 40.8 Å². The number of ether oxygens (including phenoxy) is 1. The van der Waals surface area contributed by atoms with Gasteiger partial charge in [-0.15, -0.1) is 11.3 Å². The summed E-state index contributed by atoms with van der Waals surface area (Å²) in [5.74, 6) is -0.814. The van der Waals surface area contributed by atoms with Crippen LogP contribution < -0.4 is 4.74 Å². The van der Waals surface area contributed by atoms with Gasteiger partial charge >= 0.3 is 5.97 Å². The molecule has 0 atom stereocenters. The normalized spacial score (nSPS) is 10.9. The first-order chi connectivity index (χ1) is 11.6. The molecule has 0 N–H and O–H groups in total. The zero-order valence-corrected chi connectivity index (χ0v) is 13.8. The molecule has 24 heavy (non-hydrogen) atoms. The van der Waals surface area contributed by atoms with Crippen molar-refractivity contribution in [3.05, 3.63) is 81.4 Å². The molecule has 0 aliphatic heterocycles. The highest BCUT2D eigenvalue weighted by molar-refractivity contribution is 7.10. The zero-order valence-electron chi connectivity index (χ0n) is 12.3. The third-order valence-electron chi connectivity index (χ3n) is 3.07. The molecule has 0 amide bonds. The predicted octanol–water partition coefficient (Wildman–Crippen LogP) is 5.11. The van der Waals surface area contributed by atoms with Crippen molar-refractivity contribution in [2.24, 2.45) is 0 Å². The average Bonchev–Trinajstić information content (AvgIpc) is 3.27. The van der Waals surface area contributed by atoms with Crippen LogP contribution in [0, 0.1) is 0 Å². The molecule has 0 radical (unpaired) electrons. The summed E-state index contributed by atoms with van der Waals surface area (Å²) in [5.41, 5.74) is 0.204. The highest BCUT2D eigenvalue weighted by Crippen LogP contribution is 2.25. The van der Waals surface area contributed by atoms with Crippen molar-refractivity contribution in [3.63, 3.8) is 0 Å². The number of hydrogen-bond donors (Lipinski definition) is 0. The van der Waals surface area contributed by atoms with E-state index in [-0.39, 0.29) is 22.9 Å². The fourth-order valence-corrected chi connectivity index (χ4v) is 2.75. The maximum absolute atomic E-state index is 12.4. The molecular weight excluding hydrogens is 348 g/mol. The fourth-order valence-electron chi connectivity index (χ4n) is 1.96. The second-order valence-corrected chi connectivity index (χ2v) is 6.14. The summed E-state index contributed by atoms with van der Waals surface area (Å²) in [5, 5.41) is 2.29. The summed E-state index contributed by atoms with van der Waals surface area (Å²) in [6.45, 7) is 0. The molecule has 3 aromatic rings. The Morgan fingerprint density at radius 2 is 2.04 bits per heavy atom. The fraction of sp³-hybridized carbons (Fsp3) is 0. The van der Waals surface area contributed by atoms with Gasteiger partial charge in [-0.2, -0.15) is 0 Å². The topological polar surface area (TPSA) is 56.5 Å². The van der Waals surface area contributed by atoms with Gasteiger partial charge in [0.15, 0.2) is 5.78 Å². The van der Waals surface area contributed by atoms with Crippen molar-refractivity contribution in [2.75, 3.05) is 0 Å². The first-order valence-corrected chi connectivity index (χ1v) is 8.20. The molecule has 0 fully saturated rings. The molecule has 1 aromatic carbocycles. The number of carbonyl (C=O) groups excluding carboxylic acids is 2. The smallest absolute Gasteiger partial charge is 0.379 e. The zero-order chi connectivity index (χ0) is 16.9. The maximum Gasteiger partial charge on any atom is 0.379 e. The van der Waals surface area contributed by atoms with E-state index in [1.807, 2.05) is 17.5 Å². The second-order valence-electron chi connectivity index (χ2n) is 4.72. The monoisotopic (exact) mass is 358 g/mol. The number of benzene rings is 1. The highest BCUT2D eigenvalue weighted by atomic mass is 35.5. The summed E-state index contributed by atoms with van der Waals surface area (Å²) < 4.78 is 10.2. The Balaban J connectivity index is 1.85. The molecule has 2 aromatic heterocycles. The van der Waals surface area contributed by atoms with Crippen LogP contribution in [0.5, 0.6) is 5.75 Å². The number of furan rings is 1. The van der Waals surface area contributed by atoms with E-state index in [1.54, 1.807) is 18.2 Å². The van der Waals surface area contributed by atoms with Gasteiger partial charge in [0, 0.05) is 9.90 Å². The Morgan fingerprint density at radius 3 is 2.75 bits per heavy atom. The van der Waals surface area contributed by atoms with Crippen molar-refractivity contribution in [1.82, 2.24) is 0 Å². The van der Waals surface area contributed by atoms with Crippen LogP contribution in [0.3, 0.4) is 0 Å². The van der Waals surface area contributed by atoms with Gasteiger partial charge in [0.25, 0.3) is 0 Å². The van der Waals surface area contributed by atoms with E-state index in [1.165, 1.54) is 41.9 Å². The van der Waals surface area contributed by atoms with Crippen molar-refractivity contribution in [1.29, 1.82) is 0 Å². The van der Waals surface area contributed by atoms with Gasteiger partial charge < -0.3 is 9.15 Å². The largest absolute Gasteiger partial charge is 0.457 e. The number of carbonyl (C=O) groups is 2. The Bertz CT molecular complexity index is 880. The molecule has 0 unspecified atom stereocenters. The number of thiophene rings is 1. The Labute approximate surface area is 146 Å². The Kier molecular flexibility index (Phi) is 4.93. The highest BCUT2D eigenvalue weighted by Gasteiger charge is 2.17. The van der Waals surface area contributed by atoms with Crippen LogP contribution in [0.1, 0.15) is 25.8 Å². The lowest BCUT2D eigenvalue weighted by molar-refractivity contribution is 0.0700. The lowest BCUT2D eigenvalue weighted by Gasteiger charge is -2.07. The molecule has 0 saturated heterocycles. The minimum Gasteiger partial charge on any atom is -0.457 e. The molecule has 3 rings (SSSR count). The third-order valence-corrected chi connectivity index (χ3v) is 4.15. The van der Waals surface area contributed by atoms with E-state index in [2.05, 4.69) is 0 Å². The average molecular weight is 359 g/mol.